The summed E-state index contributed by atoms with van der Waals surface area (Å²) in [6.07, 6.45) is 5.31. The fourth-order valence-corrected chi connectivity index (χ4v) is 1.11. The van der Waals surface area contributed by atoms with Crippen LogP contribution in [0.1, 0.15) is 18.9 Å². The van der Waals surface area contributed by atoms with Crippen LogP contribution in [0.2, 0.25) is 0 Å². The average molecular weight is 164 g/mol. The van der Waals surface area contributed by atoms with Crippen molar-refractivity contribution in [2.75, 3.05) is 0 Å². The predicted octanol–water partition coefficient (Wildman–Crippen LogP) is 3.40. The second-order valence-electron chi connectivity index (χ2n) is 2.37. The van der Waals surface area contributed by atoms with E-state index in [1.807, 2.05) is 18.2 Å². The van der Waals surface area contributed by atoms with Crippen LogP contribution in [0.4, 0.5) is 0 Å². The van der Waals surface area contributed by atoms with Crippen molar-refractivity contribution in [2.24, 2.45) is 0 Å². The van der Waals surface area contributed by atoms with Crippen molar-refractivity contribution in [3.8, 4) is 0 Å². The molecule has 0 fully saturated rings. The lowest BCUT2D eigenvalue weighted by molar-refractivity contribution is 1.23. The molecule has 0 aromatic heterocycles. The SMILES string of the molecule is CC/C=C\c1ccccc1S. The average Bonchev–Trinajstić information content (AvgIpc) is 2.03. The van der Waals surface area contributed by atoms with E-state index in [1.54, 1.807) is 0 Å². The molecule has 0 aliphatic heterocycles. The Morgan fingerprint density at radius 1 is 1.36 bits per heavy atom. The molecule has 0 unspecified atom stereocenters. The summed E-state index contributed by atoms with van der Waals surface area (Å²) in [6.45, 7) is 2.12. The highest BCUT2D eigenvalue weighted by molar-refractivity contribution is 7.80. The van der Waals surface area contributed by atoms with Gasteiger partial charge in [-0.1, -0.05) is 37.3 Å². The molecule has 0 radical (unpaired) electrons. The van der Waals surface area contributed by atoms with Gasteiger partial charge in [-0.05, 0) is 18.1 Å². The molecule has 1 aromatic rings. The zero-order valence-electron chi connectivity index (χ0n) is 6.62. The van der Waals surface area contributed by atoms with Gasteiger partial charge in [0.2, 0.25) is 0 Å². The third-order valence-electron chi connectivity index (χ3n) is 1.47. The molecule has 0 heterocycles. The standard InChI is InChI=1S/C10H12S/c1-2-3-6-9-7-4-5-8-10(9)11/h3-8,11H,2H2,1H3/b6-3-. The van der Waals surface area contributed by atoms with Gasteiger partial charge in [-0.15, -0.1) is 12.6 Å². The molecule has 0 N–H and O–H groups in total. The van der Waals surface area contributed by atoms with Crippen LogP contribution in [-0.4, -0.2) is 0 Å². The Bertz CT molecular complexity index is 251. The van der Waals surface area contributed by atoms with Crippen LogP contribution < -0.4 is 0 Å². The first-order chi connectivity index (χ1) is 5.34. The number of thiol groups is 1. The van der Waals surface area contributed by atoms with Gasteiger partial charge >= 0.3 is 0 Å². The highest BCUT2D eigenvalue weighted by atomic mass is 32.1. The van der Waals surface area contributed by atoms with Gasteiger partial charge in [0.25, 0.3) is 0 Å². The summed E-state index contributed by atoms with van der Waals surface area (Å²) < 4.78 is 0. The lowest BCUT2D eigenvalue weighted by Crippen LogP contribution is -1.73. The van der Waals surface area contributed by atoms with Gasteiger partial charge < -0.3 is 0 Å². The van der Waals surface area contributed by atoms with Gasteiger partial charge in [0.15, 0.2) is 0 Å². The molecule has 1 aromatic carbocycles. The quantitative estimate of drug-likeness (QED) is 0.636. The van der Waals surface area contributed by atoms with Crippen molar-refractivity contribution < 1.29 is 0 Å². The third kappa shape index (κ3) is 2.43. The Labute approximate surface area is 73.4 Å². The maximum atomic E-state index is 4.32. The number of rotatable bonds is 2. The lowest BCUT2D eigenvalue weighted by atomic mass is 10.2. The molecule has 0 saturated heterocycles. The van der Waals surface area contributed by atoms with Crippen molar-refractivity contribution in [3.05, 3.63) is 35.9 Å². The molecule has 58 valence electrons. The summed E-state index contributed by atoms with van der Waals surface area (Å²) in [5.74, 6) is 0. The largest absolute Gasteiger partial charge is 0.143 e. The summed E-state index contributed by atoms with van der Waals surface area (Å²) in [6, 6.07) is 8.08. The van der Waals surface area contributed by atoms with E-state index < -0.39 is 0 Å². The summed E-state index contributed by atoms with van der Waals surface area (Å²) in [5.41, 5.74) is 1.19. The number of hydrogen-bond donors (Lipinski definition) is 1. The van der Waals surface area contributed by atoms with Gasteiger partial charge in [-0.25, -0.2) is 0 Å². The zero-order chi connectivity index (χ0) is 8.10. The molecule has 0 bridgehead atoms. The Hall–Kier alpha value is -0.690. The molecule has 0 nitrogen and oxygen atoms in total. The third-order valence-corrected chi connectivity index (χ3v) is 1.88. The minimum atomic E-state index is 1.04. The van der Waals surface area contributed by atoms with Gasteiger partial charge in [0.05, 0.1) is 0 Å². The Kier molecular flexibility index (Phi) is 3.24. The highest BCUT2D eigenvalue weighted by Crippen LogP contribution is 2.14. The Morgan fingerprint density at radius 2 is 2.09 bits per heavy atom. The molecule has 0 atom stereocenters. The summed E-state index contributed by atoms with van der Waals surface area (Å²) >= 11 is 4.32. The van der Waals surface area contributed by atoms with Gasteiger partial charge in [-0.3, -0.25) is 0 Å². The van der Waals surface area contributed by atoms with Crippen molar-refractivity contribution >= 4 is 18.7 Å². The van der Waals surface area contributed by atoms with E-state index in [1.165, 1.54) is 5.56 Å². The Balaban J connectivity index is 2.86. The van der Waals surface area contributed by atoms with Crippen molar-refractivity contribution in [3.63, 3.8) is 0 Å². The smallest absolute Gasteiger partial charge is 0.0112 e. The first kappa shape index (κ1) is 8.41. The number of allylic oxidation sites excluding steroid dienone is 1. The molecule has 0 aliphatic rings. The van der Waals surface area contributed by atoms with Crippen LogP contribution in [0.15, 0.2) is 35.2 Å². The van der Waals surface area contributed by atoms with Crippen LogP contribution >= 0.6 is 12.6 Å². The second-order valence-corrected chi connectivity index (χ2v) is 2.85. The van der Waals surface area contributed by atoms with E-state index >= 15 is 0 Å². The highest BCUT2D eigenvalue weighted by Gasteiger charge is 1.89. The molecular formula is C10H12S. The van der Waals surface area contributed by atoms with Crippen molar-refractivity contribution in [1.82, 2.24) is 0 Å². The maximum Gasteiger partial charge on any atom is 0.0112 e. The first-order valence-electron chi connectivity index (χ1n) is 3.79. The normalized spacial score (nSPS) is 10.7. The van der Waals surface area contributed by atoms with Gasteiger partial charge in [0.1, 0.15) is 0 Å². The fraction of sp³-hybridized carbons (Fsp3) is 0.200. The van der Waals surface area contributed by atoms with Crippen molar-refractivity contribution in [1.29, 1.82) is 0 Å². The van der Waals surface area contributed by atoms with Gasteiger partial charge in [-0.2, -0.15) is 0 Å². The van der Waals surface area contributed by atoms with E-state index in [0.29, 0.717) is 0 Å². The lowest BCUT2D eigenvalue weighted by Gasteiger charge is -1.95. The predicted molar refractivity (Wildman–Crippen MR) is 53.0 cm³/mol. The molecule has 0 saturated carbocycles. The monoisotopic (exact) mass is 164 g/mol. The van der Waals surface area contributed by atoms with E-state index in [-0.39, 0.29) is 0 Å². The van der Waals surface area contributed by atoms with Crippen LogP contribution in [0.3, 0.4) is 0 Å². The fourth-order valence-electron chi connectivity index (χ4n) is 0.873. The molecule has 0 amide bonds. The van der Waals surface area contributed by atoms with Crippen LogP contribution in [0, 0.1) is 0 Å². The van der Waals surface area contributed by atoms with Gasteiger partial charge in [0, 0.05) is 4.90 Å². The van der Waals surface area contributed by atoms with E-state index in [0.717, 1.165) is 11.3 Å². The van der Waals surface area contributed by atoms with E-state index in [9.17, 15) is 0 Å². The molecular weight excluding hydrogens is 152 g/mol. The first-order valence-corrected chi connectivity index (χ1v) is 4.24. The van der Waals surface area contributed by atoms with Crippen LogP contribution in [-0.2, 0) is 0 Å². The Morgan fingerprint density at radius 3 is 2.73 bits per heavy atom. The second kappa shape index (κ2) is 4.24. The minimum Gasteiger partial charge on any atom is -0.143 e. The number of benzene rings is 1. The summed E-state index contributed by atoms with van der Waals surface area (Å²) in [5, 5.41) is 0. The van der Waals surface area contributed by atoms with Crippen LogP contribution in [0.5, 0.6) is 0 Å². The molecule has 11 heavy (non-hydrogen) atoms. The van der Waals surface area contributed by atoms with E-state index in [2.05, 4.69) is 37.8 Å². The molecule has 1 rings (SSSR count). The summed E-state index contributed by atoms with van der Waals surface area (Å²) in [4.78, 5) is 1.04. The minimum absolute atomic E-state index is 1.04. The zero-order valence-corrected chi connectivity index (χ0v) is 7.51. The molecule has 0 spiro atoms. The van der Waals surface area contributed by atoms with E-state index in [4.69, 9.17) is 0 Å². The van der Waals surface area contributed by atoms with Crippen LogP contribution in [0.25, 0.3) is 6.08 Å². The summed E-state index contributed by atoms with van der Waals surface area (Å²) in [7, 11) is 0. The number of hydrogen-bond acceptors (Lipinski definition) is 1. The maximum absolute atomic E-state index is 4.32. The topological polar surface area (TPSA) is 0 Å². The molecule has 1 heteroatoms. The van der Waals surface area contributed by atoms with Crippen molar-refractivity contribution in [2.45, 2.75) is 18.2 Å². The molecule has 0 aliphatic carbocycles.